The van der Waals surface area contributed by atoms with Gasteiger partial charge < -0.3 is 4.98 Å². The summed E-state index contributed by atoms with van der Waals surface area (Å²) in [6.07, 6.45) is -1.00. The molecule has 0 fully saturated rings. The summed E-state index contributed by atoms with van der Waals surface area (Å²) in [5.74, 6) is -0.699. The molecule has 2 aromatic carbocycles. The van der Waals surface area contributed by atoms with Crippen LogP contribution in [0.4, 0.5) is 18.9 Å². The summed E-state index contributed by atoms with van der Waals surface area (Å²) in [5.41, 5.74) is 1.34. The van der Waals surface area contributed by atoms with E-state index in [-0.39, 0.29) is 22.3 Å². The maximum absolute atomic E-state index is 13.6. The number of hydrogen-bond donors (Lipinski definition) is 2. The second kappa shape index (κ2) is 10.8. The van der Waals surface area contributed by atoms with Crippen LogP contribution in [0.25, 0.3) is 44.3 Å². The van der Waals surface area contributed by atoms with Crippen LogP contribution in [0.2, 0.25) is 5.02 Å². The average Bonchev–Trinajstić information content (AvgIpc) is 2.98. The molecule has 0 aliphatic heterocycles. The molecule has 0 atom stereocenters. The van der Waals surface area contributed by atoms with Gasteiger partial charge >= 0.3 is 6.18 Å². The van der Waals surface area contributed by atoms with Crippen molar-refractivity contribution in [2.75, 3.05) is 4.72 Å². The zero-order valence-electron chi connectivity index (χ0n) is 21.9. The molecule has 0 saturated heterocycles. The molecule has 216 valence electrons. The van der Waals surface area contributed by atoms with Gasteiger partial charge in [-0.05, 0) is 41.5 Å². The van der Waals surface area contributed by atoms with Gasteiger partial charge in [-0.2, -0.15) is 13.2 Å². The minimum absolute atomic E-state index is 0.0110. The average molecular weight is 622 g/mol. The van der Waals surface area contributed by atoms with E-state index in [0.29, 0.717) is 33.4 Å². The number of nitrogens with one attached hydrogen (secondary N) is 2. The van der Waals surface area contributed by atoms with Crippen molar-refractivity contribution in [3.63, 3.8) is 0 Å². The standard InChI is InChI=1S/C30H19ClF3N5O3S/c31-23-12-20(11-19-7-4-10-35-27(19)23)21-13-22-28(40)24(15-37-29(22)38-26(21)18-5-2-1-3-6-18)39-43(41,42)16-17-8-9-25(36-14-17)30(32,33)34/h1-15,39H,16H2,(H,37,38,40). The van der Waals surface area contributed by atoms with Gasteiger partial charge in [-0.3, -0.25) is 19.5 Å². The molecule has 8 nitrogen and oxygen atoms in total. The molecular weight excluding hydrogens is 603 g/mol. The van der Waals surface area contributed by atoms with E-state index in [0.717, 1.165) is 23.2 Å². The number of pyridine rings is 4. The van der Waals surface area contributed by atoms with Crippen molar-refractivity contribution >= 4 is 49.2 Å². The van der Waals surface area contributed by atoms with Crippen molar-refractivity contribution in [3.8, 4) is 22.4 Å². The zero-order chi connectivity index (χ0) is 30.4. The van der Waals surface area contributed by atoms with Gasteiger partial charge in [0.05, 0.1) is 27.4 Å². The van der Waals surface area contributed by atoms with E-state index in [2.05, 4.69) is 19.7 Å². The molecule has 4 heterocycles. The fourth-order valence-electron chi connectivity index (χ4n) is 4.66. The number of hydrogen-bond acceptors (Lipinski definition) is 6. The summed E-state index contributed by atoms with van der Waals surface area (Å²) >= 11 is 6.57. The highest BCUT2D eigenvalue weighted by molar-refractivity contribution is 7.91. The third kappa shape index (κ3) is 5.79. The lowest BCUT2D eigenvalue weighted by molar-refractivity contribution is -0.141. The second-order valence-electron chi connectivity index (χ2n) is 9.62. The Kier molecular flexibility index (Phi) is 7.10. The lowest BCUT2D eigenvalue weighted by Gasteiger charge is -2.14. The summed E-state index contributed by atoms with van der Waals surface area (Å²) in [6, 6.07) is 19.9. The van der Waals surface area contributed by atoms with Crippen molar-refractivity contribution in [3.05, 3.63) is 118 Å². The number of anilines is 1. The van der Waals surface area contributed by atoms with Gasteiger partial charge in [0, 0.05) is 35.1 Å². The molecule has 0 aliphatic rings. The van der Waals surface area contributed by atoms with Crippen LogP contribution in [0.1, 0.15) is 11.3 Å². The van der Waals surface area contributed by atoms with E-state index < -0.39 is 33.1 Å². The van der Waals surface area contributed by atoms with Gasteiger partial charge in [-0.25, -0.2) is 13.4 Å². The van der Waals surface area contributed by atoms with E-state index in [4.69, 9.17) is 16.6 Å². The Morgan fingerprint density at radius 2 is 1.72 bits per heavy atom. The number of aromatic amines is 1. The van der Waals surface area contributed by atoms with Crippen LogP contribution < -0.4 is 10.2 Å². The highest BCUT2D eigenvalue weighted by Crippen LogP contribution is 2.36. The van der Waals surface area contributed by atoms with Gasteiger partial charge in [0.2, 0.25) is 15.5 Å². The maximum atomic E-state index is 13.6. The van der Waals surface area contributed by atoms with E-state index in [1.165, 1.54) is 6.20 Å². The Morgan fingerprint density at radius 1 is 0.930 bits per heavy atom. The predicted octanol–water partition coefficient (Wildman–Crippen LogP) is 6.81. The molecule has 0 radical (unpaired) electrons. The second-order valence-corrected chi connectivity index (χ2v) is 11.8. The first-order chi connectivity index (χ1) is 20.5. The highest BCUT2D eigenvalue weighted by Gasteiger charge is 2.32. The van der Waals surface area contributed by atoms with E-state index in [1.54, 1.807) is 24.4 Å². The maximum Gasteiger partial charge on any atom is 0.433 e. The van der Waals surface area contributed by atoms with Crippen LogP contribution >= 0.6 is 11.6 Å². The lowest BCUT2D eigenvalue weighted by atomic mass is 9.96. The molecule has 2 N–H and O–H groups in total. The molecule has 0 unspecified atom stereocenters. The first-order valence-electron chi connectivity index (χ1n) is 12.7. The van der Waals surface area contributed by atoms with Crippen molar-refractivity contribution in [2.24, 2.45) is 0 Å². The molecule has 0 bridgehead atoms. The predicted molar refractivity (Wildman–Crippen MR) is 159 cm³/mol. The molecule has 0 saturated carbocycles. The molecule has 13 heteroatoms. The Bertz CT molecular complexity index is 2170. The van der Waals surface area contributed by atoms with E-state index in [9.17, 15) is 26.4 Å². The third-order valence-electron chi connectivity index (χ3n) is 6.62. The van der Waals surface area contributed by atoms with E-state index in [1.807, 2.05) is 42.5 Å². The first kappa shape index (κ1) is 28.3. The van der Waals surface area contributed by atoms with Crippen molar-refractivity contribution in [1.29, 1.82) is 0 Å². The van der Waals surface area contributed by atoms with Crippen LogP contribution in [0.15, 0.2) is 96.2 Å². The van der Waals surface area contributed by atoms with Crippen LogP contribution in [0.3, 0.4) is 0 Å². The number of nitrogens with zero attached hydrogens (tertiary/aromatic N) is 3. The fourth-order valence-corrected chi connectivity index (χ4v) is 6.11. The van der Waals surface area contributed by atoms with Gasteiger partial charge in [0.25, 0.3) is 0 Å². The number of rotatable bonds is 6. The summed E-state index contributed by atoms with van der Waals surface area (Å²) in [6.45, 7) is 0. The van der Waals surface area contributed by atoms with Crippen molar-refractivity contribution in [2.45, 2.75) is 11.9 Å². The third-order valence-corrected chi connectivity index (χ3v) is 8.15. The van der Waals surface area contributed by atoms with Gasteiger partial charge in [0.15, 0.2) is 0 Å². The van der Waals surface area contributed by atoms with Gasteiger partial charge in [-0.1, -0.05) is 54.1 Å². The summed E-state index contributed by atoms with van der Waals surface area (Å²) in [4.78, 5) is 28.8. The Hall–Kier alpha value is -4.81. The fraction of sp³-hybridized carbons (Fsp3) is 0.0667. The molecule has 4 aromatic heterocycles. The SMILES string of the molecule is O=c1c(NS(=O)(=O)Cc2ccc(C(F)(F)F)nc2)c[nH]c2nc(-c3ccccc3)c(-c3cc(Cl)c4ncccc4c3)cc12. The molecule has 0 aliphatic carbocycles. The monoisotopic (exact) mass is 621 g/mol. The number of alkyl halides is 3. The number of benzene rings is 2. The molecular formula is C30H19ClF3N5O3S. The summed E-state index contributed by atoms with van der Waals surface area (Å²) < 4.78 is 66.4. The molecule has 0 amide bonds. The van der Waals surface area contributed by atoms with Crippen LogP contribution in [-0.2, 0) is 22.0 Å². The van der Waals surface area contributed by atoms with Gasteiger partial charge in [-0.15, -0.1) is 0 Å². The summed E-state index contributed by atoms with van der Waals surface area (Å²) in [5, 5.41) is 1.28. The smallest absolute Gasteiger partial charge is 0.344 e. The van der Waals surface area contributed by atoms with Gasteiger partial charge in [0.1, 0.15) is 17.0 Å². The summed E-state index contributed by atoms with van der Waals surface area (Å²) in [7, 11) is -4.21. The van der Waals surface area contributed by atoms with E-state index >= 15 is 0 Å². The van der Waals surface area contributed by atoms with Crippen molar-refractivity contribution in [1.82, 2.24) is 19.9 Å². The number of H-pyrrole nitrogens is 1. The Morgan fingerprint density at radius 3 is 2.44 bits per heavy atom. The minimum Gasteiger partial charge on any atom is -0.344 e. The number of halogens is 4. The van der Waals surface area contributed by atoms with Crippen molar-refractivity contribution < 1.29 is 21.6 Å². The topological polar surface area (TPSA) is 118 Å². The molecule has 43 heavy (non-hydrogen) atoms. The van der Waals surface area contributed by atoms with Crippen LogP contribution in [0, 0.1) is 0 Å². The first-order valence-corrected chi connectivity index (χ1v) is 14.7. The highest BCUT2D eigenvalue weighted by atomic mass is 35.5. The van der Waals surface area contributed by atoms with Crippen LogP contribution in [-0.4, -0.2) is 28.4 Å². The number of fused-ring (bicyclic) bond motifs is 2. The minimum atomic E-state index is -4.66. The molecule has 6 aromatic rings. The zero-order valence-corrected chi connectivity index (χ0v) is 23.4. The Labute approximate surface area is 247 Å². The number of sulfonamides is 1. The normalized spacial score (nSPS) is 12.1. The number of aromatic nitrogens is 4. The lowest BCUT2D eigenvalue weighted by Crippen LogP contribution is -2.21. The largest absolute Gasteiger partial charge is 0.433 e. The molecule has 6 rings (SSSR count). The Balaban J connectivity index is 1.43. The quantitative estimate of drug-likeness (QED) is 0.211. The molecule has 0 spiro atoms. The van der Waals surface area contributed by atoms with Crippen LogP contribution in [0.5, 0.6) is 0 Å².